The maximum absolute atomic E-state index is 13.0. The fourth-order valence-corrected chi connectivity index (χ4v) is 0.780. The van der Waals surface area contributed by atoms with Gasteiger partial charge in [0, 0.05) is 0 Å². The number of methoxy groups -OCH3 is 1. The fraction of sp³-hybridized carbons (Fsp3) is 0.111. The number of halogens is 1. The van der Waals surface area contributed by atoms with Crippen LogP contribution in [0.5, 0.6) is 5.75 Å². The quantitative estimate of drug-likeness (QED) is 0.335. The van der Waals surface area contributed by atoms with Crippen LogP contribution in [0.25, 0.3) is 0 Å². The van der Waals surface area contributed by atoms with E-state index in [1.807, 2.05) is 0 Å². The van der Waals surface area contributed by atoms with Crippen LogP contribution in [0.4, 0.5) is 10.1 Å². The van der Waals surface area contributed by atoms with Gasteiger partial charge >= 0.3 is 11.9 Å². The van der Waals surface area contributed by atoms with Crippen molar-refractivity contribution >= 4 is 17.6 Å². The summed E-state index contributed by atoms with van der Waals surface area (Å²) in [6.07, 6.45) is 0. The lowest BCUT2D eigenvalue weighted by Gasteiger charge is -2.05. The summed E-state index contributed by atoms with van der Waals surface area (Å²) < 4.78 is 17.7. The molecule has 0 aliphatic heterocycles. The molecular formula is C9H11FN2O5. The zero-order valence-electron chi connectivity index (χ0n) is 8.81. The number of carboxylic acids is 2. The monoisotopic (exact) mass is 246 g/mol. The topological polar surface area (TPSA) is 122 Å². The van der Waals surface area contributed by atoms with Gasteiger partial charge in [0.2, 0.25) is 0 Å². The average molecular weight is 246 g/mol. The molecule has 1 rings (SSSR count). The number of hydrogen-bond acceptors (Lipinski definition) is 5. The minimum atomic E-state index is -1.82. The number of rotatable bonds is 2. The molecule has 94 valence electrons. The molecule has 1 aromatic rings. The van der Waals surface area contributed by atoms with Crippen LogP contribution in [-0.2, 0) is 9.59 Å². The van der Waals surface area contributed by atoms with Gasteiger partial charge in [0.15, 0.2) is 11.6 Å². The van der Waals surface area contributed by atoms with Crippen LogP contribution in [0.1, 0.15) is 0 Å². The van der Waals surface area contributed by atoms with Gasteiger partial charge in [-0.05, 0) is 12.1 Å². The number of benzene rings is 1. The molecule has 5 N–H and O–H groups in total. The molecule has 0 saturated heterocycles. The van der Waals surface area contributed by atoms with Crippen molar-refractivity contribution in [2.75, 3.05) is 12.5 Å². The normalized spacial score (nSPS) is 8.65. The first-order chi connectivity index (χ1) is 7.93. The summed E-state index contributed by atoms with van der Waals surface area (Å²) in [6.45, 7) is 0. The molecular weight excluding hydrogens is 235 g/mol. The number of nitrogens with two attached hydrogens (primary N) is 1. The largest absolute Gasteiger partial charge is 0.494 e. The number of ether oxygens (including phenoxy) is 1. The number of hydrazine groups is 1. The van der Waals surface area contributed by atoms with Gasteiger partial charge in [-0.15, -0.1) is 0 Å². The Morgan fingerprint density at radius 3 is 2.24 bits per heavy atom. The Morgan fingerprint density at radius 2 is 1.88 bits per heavy atom. The molecule has 17 heavy (non-hydrogen) atoms. The van der Waals surface area contributed by atoms with Crippen LogP contribution in [-0.4, -0.2) is 29.3 Å². The van der Waals surface area contributed by atoms with E-state index in [0.717, 1.165) is 0 Å². The molecule has 0 fully saturated rings. The van der Waals surface area contributed by atoms with Crippen molar-refractivity contribution in [2.24, 2.45) is 5.84 Å². The summed E-state index contributed by atoms with van der Waals surface area (Å²) in [5, 5.41) is 14.8. The number of anilines is 1. The molecule has 8 heteroatoms. The van der Waals surface area contributed by atoms with Gasteiger partial charge in [-0.2, -0.15) is 0 Å². The fourth-order valence-electron chi connectivity index (χ4n) is 0.780. The van der Waals surface area contributed by atoms with E-state index < -0.39 is 17.8 Å². The zero-order chi connectivity index (χ0) is 13.4. The highest BCUT2D eigenvalue weighted by atomic mass is 19.1. The summed E-state index contributed by atoms with van der Waals surface area (Å²) in [6, 6.07) is 4.70. The van der Waals surface area contributed by atoms with Crippen molar-refractivity contribution in [1.29, 1.82) is 0 Å². The maximum Gasteiger partial charge on any atom is 0.414 e. The van der Waals surface area contributed by atoms with Crippen LogP contribution in [0.3, 0.4) is 0 Å². The van der Waals surface area contributed by atoms with Gasteiger partial charge in [-0.1, -0.05) is 6.07 Å². The molecule has 1 aromatic carbocycles. The molecule has 0 heterocycles. The van der Waals surface area contributed by atoms with Crippen LogP contribution in [0, 0.1) is 5.82 Å². The van der Waals surface area contributed by atoms with Gasteiger partial charge in [-0.3, -0.25) is 5.84 Å². The summed E-state index contributed by atoms with van der Waals surface area (Å²) in [5.74, 6) is 1.09. The van der Waals surface area contributed by atoms with Gasteiger partial charge < -0.3 is 20.4 Å². The van der Waals surface area contributed by atoms with E-state index in [1.165, 1.54) is 19.2 Å². The number of nitrogens with one attached hydrogen (secondary N) is 1. The minimum absolute atomic E-state index is 0.181. The van der Waals surface area contributed by atoms with Crippen molar-refractivity contribution in [3.63, 3.8) is 0 Å². The lowest BCUT2D eigenvalue weighted by atomic mass is 10.3. The summed E-state index contributed by atoms with van der Waals surface area (Å²) >= 11 is 0. The number of nitrogen functional groups attached to an aromatic ring is 1. The van der Waals surface area contributed by atoms with Crippen LogP contribution in [0.2, 0.25) is 0 Å². The van der Waals surface area contributed by atoms with Crippen LogP contribution < -0.4 is 16.0 Å². The maximum atomic E-state index is 13.0. The first kappa shape index (κ1) is 14.7. The highest BCUT2D eigenvalue weighted by Crippen LogP contribution is 2.22. The van der Waals surface area contributed by atoms with E-state index >= 15 is 0 Å². The lowest BCUT2D eigenvalue weighted by Crippen LogP contribution is -2.09. The van der Waals surface area contributed by atoms with Crippen LogP contribution in [0.15, 0.2) is 18.2 Å². The van der Waals surface area contributed by atoms with E-state index in [0.29, 0.717) is 0 Å². The predicted molar refractivity (Wildman–Crippen MR) is 56.0 cm³/mol. The Balaban J connectivity index is 0.000000366. The molecule has 0 radical (unpaired) electrons. The molecule has 0 aliphatic carbocycles. The average Bonchev–Trinajstić information content (AvgIpc) is 2.30. The second-order valence-electron chi connectivity index (χ2n) is 2.58. The Labute approximate surface area is 95.6 Å². The Hall–Kier alpha value is -2.35. The van der Waals surface area contributed by atoms with Gasteiger partial charge in [0.05, 0.1) is 12.8 Å². The van der Waals surface area contributed by atoms with Gasteiger partial charge in [0.1, 0.15) is 0 Å². The van der Waals surface area contributed by atoms with Crippen molar-refractivity contribution < 1.29 is 28.9 Å². The standard InChI is InChI=1S/C7H9FN2O.C2H2O4/c1-11-6-4-2-3-5(10-9)7(6)8;3-1(4)2(5)6/h2-4,10H,9H2,1H3;(H,3,4)(H,5,6). The molecule has 0 saturated carbocycles. The Kier molecular flexibility index (Phi) is 6.04. The molecule has 0 bridgehead atoms. The zero-order valence-corrected chi connectivity index (χ0v) is 8.81. The minimum Gasteiger partial charge on any atom is -0.494 e. The summed E-state index contributed by atoms with van der Waals surface area (Å²) in [7, 11) is 1.40. The molecule has 0 spiro atoms. The second kappa shape index (κ2) is 7.01. The van der Waals surface area contributed by atoms with E-state index in [1.54, 1.807) is 6.07 Å². The van der Waals surface area contributed by atoms with E-state index in [2.05, 4.69) is 5.43 Å². The third-order valence-electron chi connectivity index (χ3n) is 1.52. The smallest absolute Gasteiger partial charge is 0.414 e. The van der Waals surface area contributed by atoms with Gasteiger partial charge in [0.25, 0.3) is 0 Å². The third-order valence-corrected chi connectivity index (χ3v) is 1.52. The Morgan fingerprint density at radius 1 is 1.35 bits per heavy atom. The highest BCUT2D eigenvalue weighted by Gasteiger charge is 2.05. The second-order valence-corrected chi connectivity index (χ2v) is 2.58. The number of aliphatic carboxylic acids is 2. The van der Waals surface area contributed by atoms with Gasteiger partial charge in [-0.25, -0.2) is 14.0 Å². The van der Waals surface area contributed by atoms with Crippen molar-refractivity contribution in [2.45, 2.75) is 0 Å². The molecule has 0 aromatic heterocycles. The SMILES string of the molecule is COc1cccc(NN)c1F.O=C(O)C(=O)O. The third kappa shape index (κ3) is 4.80. The Bertz CT molecular complexity index is 376. The first-order valence-corrected chi connectivity index (χ1v) is 4.19. The van der Waals surface area contributed by atoms with E-state index in [4.69, 9.17) is 30.4 Å². The number of carbonyl (C=O) groups is 2. The molecule has 0 atom stereocenters. The van der Waals surface area contributed by atoms with Crippen molar-refractivity contribution in [1.82, 2.24) is 0 Å². The first-order valence-electron chi connectivity index (χ1n) is 4.19. The highest BCUT2D eigenvalue weighted by molar-refractivity contribution is 6.27. The van der Waals surface area contributed by atoms with Crippen molar-refractivity contribution in [3.05, 3.63) is 24.0 Å². The molecule has 0 aliphatic rings. The number of hydrogen-bond donors (Lipinski definition) is 4. The molecule has 7 nitrogen and oxygen atoms in total. The molecule has 0 unspecified atom stereocenters. The molecule has 0 amide bonds. The summed E-state index contributed by atoms with van der Waals surface area (Å²) in [4.78, 5) is 18.2. The predicted octanol–water partition coefficient (Wildman–Crippen LogP) is 0.276. The summed E-state index contributed by atoms with van der Waals surface area (Å²) in [5.41, 5.74) is 2.44. The van der Waals surface area contributed by atoms with Crippen LogP contribution >= 0.6 is 0 Å². The lowest BCUT2D eigenvalue weighted by molar-refractivity contribution is -0.159. The van der Waals surface area contributed by atoms with E-state index in [-0.39, 0.29) is 11.4 Å². The number of carboxylic acid groups (broad SMARTS) is 2. The van der Waals surface area contributed by atoms with Crippen molar-refractivity contribution in [3.8, 4) is 5.75 Å². The van der Waals surface area contributed by atoms with E-state index in [9.17, 15) is 4.39 Å².